The third kappa shape index (κ3) is 2.35. The summed E-state index contributed by atoms with van der Waals surface area (Å²) >= 11 is 0. The number of halogens is 3. The van der Waals surface area contributed by atoms with Gasteiger partial charge in [-0.05, 0) is 30.2 Å². The fraction of sp³-hybridized carbons (Fsp3) is 0.231. The molecule has 0 aliphatic heterocycles. The second kappa shape index (κ2) is 4.16. The van der Waals surface area contributed by atoms with Gasteiger partial charge in [-0.15, -0.1) is 0 Å². The maximum Gasteiger partial charge on any atom is 0.416 e. The van der Waals surface area contributed by atoms with Crippen LogP contribution in [-0.4, -0.2) is 0 Å². The molecule has 1 radical (unpaired) electrons. The van der Waals surface area contributed by atoms with E-state index in [9.17, 15) is 13.2 Å². The van der Waals surface area contributed by atoms with Crippen molar-refractivity contribution in [3.63, 3.8) is 0 Å². The molecule has 1 aliphatic rings. The van der Waals surface area contributed by atoms with Gasteiger partial charge in [0.1, 0.15) is 0 Å². The molecular weight excluding hydrogens is 213 g/mol. The molecule has 0 saturated carbocycles. The van der Waals surface area contributed by atoms with Gasteiger partial charge in [0, 0.05) is 5.92 Å². The second-order valence-electron chi connectivity index (χ2n) is 3.69. The maximum absolute atomic E-state index is 12.3. The molecule has 2 rings (SSSR count). The summed E-state index contributed by atoms with van der Waals surface area (Å²) in [5, 5.41) is 0. The van der Waals surface area contributed by atoms with Crippen LogP contribution in [0.1, 0.15) is 23.5 Å². The molecule has 0 bridgehead atoms. The Balaban J connectivity index is 2.19. The Hall–Kier alpha value is -1.51. The first-order valence-electron chi connectivity index (χ1n) is 4.99. The van der Waals surface area contributed by atoms with Gasteiger partial charge in [-0.25, -0.2) is 0 Å². The number of allylic oxidation sites excluding steroid dienone is 4. The van der Waals surface area contributed by atoms with Gasteiger partial charge in [0.05, 0.1) is 5.56 Å². The normalized spacial score (nSPS) is 20.1. The van der Waals surface area contributed by atoms with Crippen LogP contribution >= 0.6 is 0 Å². The molecule has 0 N–H and O–H groups in total. The smallest absolute Gasteiger partial charge is 0.166 e. The lowest BCUT2D eigenvalue weighted by Crippen LogP contribution is -2.05. The molecule has 1 aromatic carbocycles. The average Bonchev–Trinajstić information content (AvgIpc) is 2.29. The first-order valence-corrected chi connectivity index (χ1v) is 4.99. The molecule has 1 atom stereocenters. The molecule has 1 aromatic rings. The molecule has 0 fully saturated rings. The van der Waals surface area contributed by atoms with Gasteiger partial charge >= 0.3 is 6.18 Å². The highest BCUT2D eigenvalue weighted by molar-refractivity contribution is 5.31. The Labute approximate surface area is 92.1 Å². The van der Waals surface area contributed by atoms with Crippen LogP contribution in [0.15, 0.2) is 42.5 Å². The molecule has 0 nitrogen and oxygen atoms in total. The van der Waals surface area contributed by atoms with E-state index in [0.717, 1.165) is 24.1 Å². The third-order valence-electron chi connectivity index (χ3n) is 2.58. The topological polar surface area (TPSA) is 0 Å². The number of rotatable bonds is 1. The Kier molecular flexibility index (Phi) is 2.86. The van der Waals surface area contributed by atoms with Crippen LogP contribution in [-0.2, 0) is 6.18 Å². The predicted molar refractivity (Wildman–Crippen MR) is 55.8 cm³/mol. The van der Waals surface area contributed by atoms with Crippen molar-refractivity contribution < 1.29 is 13.2 Å². The Morgan fingerprint density at radius 2 is 1.81 bits per heavy atom. The zero-order chi connectivity index (χ0) is 11.6. The van der Waals surface area contributed by atoms with E-state index in [2.05, 4.69) is 6.08 Å². The van der Waals surface area contributed by atoms with E-state index in [0.29, 0.717) is 0 Å². The highest BCUT2D eigenvalue weighted by Gasteiger charge is 2.30. The minimum absolute atomic E-state index is 0.170. The van der Waals surface area contributed by atoms with E-state index in [1.807, 2.05) is 12.2 Å². The first kappa shape index (κ1) is 11.0. The monoisotopic (exact) mass is 223 g/mol. The lowest BCUT2D eigenvalue weighted by atomic mass is 9.92. The number of hydrogen-bond donors (Lipinski definition) is 0. The van der Waals surface area contributed by atoms with Crippen LogP contribution in [0.5, 0.6) is 0 Å². The van der Waals surface area contributed by atoms with E-state index in [-0.39, 0.29) is 5.92 Å². The van der Waals surface area contributed by atoms with Gasteiger partial charge < -0.3 is 0 Å². The molecule has 0 spiro atoms. The molecule has 0 aromatic heterocycles. The Bertz CT molecular complexity index is 410. The van der Waals surface area contributed by atoms with E-state index >= 15 is 0 Å². The van der Waals surface area contributed by atoms with E-state index in [1.165, 1.54) is 12.1 Å². The molecule has 1 unspecified atom stereocenters. The van der Waals surface area contributed by atoms with Crippen LogP contribution in [0.2, 0.25) is 0 Å². The molecule has 1 aliphatic carbocycles. The minimum atomic E-state index is -4.26. The fourth-order valence-corrected chi connectivity index (χ4v) is 1.68. The van der Waals surface area contributed by atoms with E-state index < -0.39 is 11.7 Å². The Morgan fingerprint density at radius 1 is 1.12 bits per heavy atom. The van der Waals surface area contributed by atoms with Crippen molar-refractivity contribution in [2.45, 2.75) is 18.5 Å². The van der Waals surface area contributed by atoms with Crippen LogP contribution in [0.25, 0.3) is 0 Å². The fourth-order valence-electron chi connectivity index (χ4n) is 1.68. The summed E-state index contributed by atoms with van der Waals surface area (Å²) in [5.41, 5.74) is 0.306. The van der Waals surface area contributed by atoms with Gasteiger partial charge in [0.25, 0.3) is 0 Å². The summed E-state index contributed by atoms with van der Waals surface area (Å²) in [5.74, 6) is 0.170. The zero-order valence-electron chi connectivity index (χ0n) is 8.46. The summed E-state index contributed by atoms with van der Waals surface area (Å²) < 4.78 is 37.0. The van der Waals surface area contributed by atoms with Crippen LogP contribution in [0.4, 0.5) is 13.2 Å². The van der Waals surface area contributed by atoms with E-state index in [4.69, 9.17) is 0 Å². The van der Waals surface area contributed by atoms with Gasteiger partial charge in [-0.3, -0.25) is 0 Å². The van der Waals surface area contributed by atoms with Crippen molar-refractivity contribution in [1.29, 1.82) is 0 Å². The quantitative estimate of drug-likeness (QED) is 0.672. The number of alkyl halides is 3. The van der Waals surface area contributed by atoms with Crippen molar-refractivity contribution in [1.82, 2.24) is 0 Å². The van der Waals surface area contributed by atoms with Crippen molar-refractivity contribution >= 4 is 0 Å². The molecule has 0 heterocycles. The maximum atomic E-state index is 12.3. The second-order valence-corrected chi connectivity index (χ2v) is 3.69. The summed E-state index contributed by atoms with van der Waals surface area (Å²) in [6.45, 7) is 0. The van der Waals surface area contributed by atoms with Gasteiger partial charge in [0.2, 0.25) is 0 Å². The SMILES string of the molecule is FC(F)(F)c1ccc(C2C=C[C]=CC2)cc1. The van der Waals surface area contributed by atoms with Crippen molar-refractivity contribution in [2.24, 2.45) is 0 Å². The molecule has 0 saturated heterocycles. The van der Waals surface area contributed by atoms with Crippen LogP contribution in [0.3, 0.4) is 0 Å². The van der Waals surface area contributed by atoms with Gasteiger partial charge in [-0.1, -0.05) is 30.4 Å². The van der Waals surface area contributed by atoms with Crippen molar-refractivity contribution in [3.8, 4) is 0 Å². The molecule has 3 heteroatoms. The summed E-state index contributed by atoms with van der Waals surface area (Å²) in [6.07, 6.45) is 5.11. The lowest BCUT2D eigenvalue weighted by molar-refractivity contribution is -0.137. The van der Waals surface area contributed by atoms with Crippen LogP contribution < -0.4 is 0 Å². The van der Waals surface area contributed by atoms with Crippen molar-refractivity contribution in [3.05, 3.63) is 59.7 Å². The minimum Gasteiger partial charge on any atom is -0.166 e. The first-order chi connectivity index (χ1) is 7.57. The van der Waals surface area contributed by atoms with E-state index in [1.54, 1.807) is 6.08 Å². The van der Waals surface area contributed by atoms with Gasteiger partial charge in [0.15, 0.2) is 0 Å². The molecule has 83 valence electrons. The molecular formula is C13H10F3. The molecule has 16 heavy (non-hydrogen) atoms. The average molecular weight is 223 g/mol. The highest BCUT2D eigenvalue weighted by Crippen LogP contribution is 2.31. The standard InChI is InChI=1S/C13H10F3/c14-13(15,16)12-8-6-11(7-9-12)10-4-2-1-3-5-10/h2-4,6-10H,5H2. The summed E-state index contributed by atoms with van der Waals surface area (Å²) in [7, 11) is 0. The highest BCUT2D eigenvalue weighted by atomic mass is 19.4. The zero-order valence-corrected chi connectivity index (χ0v) is 8.46. The third-order valence-corrected chi connectivity index (χ3v) is 2.58. The largest absolute Gasteiger partial charge is 0.416 e. The van der Waals surface area contributed by atoms with Crippen LogP contribution in [0, 0.1) is 6.08 Å². The Morgan fingerprint density at radius 3 is 2.31 bits per heavy atom. The number of benzene rings is 1. The predicted octanol–water partition coefficient (Wildman–Crippen LogP) is 4.11. The summed E-state index contributed by atoms with van der Waals surface area (Å²) in [4.78, 5) is 0. The summed E-state index contributed by atoms with van der Waals surface area (Å²) in [6, 6.07) is 5.34. The van der Waals surface area contributed by atoms with Gasteiger partial charge in [-0.2, -0.15) is 13.2 Å². The van der Waals surface area contributed by atoms with Crippen molar-refractivity contribution in [2.75, 3.05) is 0 Å². The number of hydrogen-bond acceptors (Lipinski definition) is 0. The lowest BCUT2D eigenvalue weighted by Gasteiger charge is -2.14. The molecule has 0 amide bonds.